The van der Waals surface area contributed by atoms with Crippen molar-refractivity contribution in [2.75, 3.05) is 11.9 Å². The quantitative estimate of drug-likeness (QED) is 0.251. The van der Waals surface area contributed by atoms with Crippen LogP contribution in [0.25, 0.3) is 22.5 Å². The molecular formula is C26H29N9. The fourth-order valence-electron chi connectivity index (χ4n) is 3.79. The van der Waals surface area contributed by atoms with Gasteiger partial charge in [-0.05, 0) is 38.3 Å². The van der Waals surface area contributed by atoms with Crippen LogP contribution in [0, 0.1) is 11.3 Å². The Bertz CT molecular complexity index is 1370. The van der Waals surface area contributed by atoms with E-state index in [0.717, 1.165) is 29.5 Å². The zero-order valence-electron chi connectivity index (χ0n) is 19.9. The van der Waals surface area contributed by atoms with Gasteiger partial charge in [0.1, 0.15) is 6.07 Å². The van der Waals surface area contributed by atoms with Crippen LogP contribution in [-0.4, -0.2) is 37.3 Å². The van der Waals surface area contributed by atoms with Gasteiger partial charge in [0.05, 0.1) is 17.5 Å². The number of nitrogens with two attached hydrogens (primary N) is 2. The number of hydrazine groups is 1. The molecule has 5 N–H and O–H groups in total. The second-order valence-electron chi connectivity index (χ2n) is 8.60. The fraction of sp³-hybridized carbons (Fsp3) is 0.231. The molecule has 0 atom stereocenters. The molecule has 0 aliphatic heterocycles. The number of aromatic nitrogens is 4. The van der Waals surface area contributed by atoms with Crippen LogP contribution in [0.5, 0.6) is 0 Å². The van der Waals surface area contributed by atoms with Crippen molar-refractivity contribution in [3.8, 4) is 11.9 Å². The molecule has 0 fully saturated rings. The highest BCUT2D eigenvalue weighted by Crippen LogP contribution is 2.25. The summed E-state index contributed by atoms with van der Waals surface area (Å²) in [5.74, 6) is 6.80. The largest absolute Gasteiger partial charge is 0.397 e. The fourth-order valence-corrected chi connectivity index (χ4v) is 3.79. The summed E-state index contributed by atoms with van der Waals surface area (Å²) in [4.78, 5) is 8.97. The maximum Gasteiger partial charge on any atom is 0.164 e. The van der Waals surface area contributed by atoms with E-state index < -0.39 is 0 Å². The Morgan fingerprint density at radius 3 is 2.71 bits per heavy atom. The van der Waals surface area contributed by atoms with E-state index in [4.69, 9.17) is 16.8 Å². The lowest BCUT2D eigenvalue weighted by atomic mass is 10.1. The zero-order chi connectivity index (χ0) is 24.8. The summed E-state index contributed by atoms with van der Waals surface area (Å²) in [6, 6.07) is 16.2. The smallest absolute Gasteiger partial charge is 0.164 e. The van der Waals surface area contributed by atoms with Crippen molar-refractivity contribution in [1.82, 2.24) is 24.8 Å². The lowest BCUT2D eigenvalue weighted by Crippen LogP contribution is -2.28. The van der Waals surface area contributed by atoms with Gasteiger partial charge in [-0.1, -0.05) is 30.3 Å². The number of hydrogen-bond acceptors (Lipinski definition) is 8. The van der Waals surface area contributed by atoms with E-state index in [1.165, 1.54) is 11.8 Å². The molecule has 0 saturated carbocycles. The number of nitrogens with zero attached hydrogens (tertiary/aromatic N) is 6. The van der Waals surface area contributed by atoms with Crippen molar-refractivity contribution < 1.29 is 0 Å². The summed E-state index contributed by atoms with van der Waals surface area (Å²) >= 11 is 0. The topological polar surface area (TPSA) is 135 Å². The molecule has 0 saturated heterocycles. The SMILES string of the molecule is CC(C)Nc1cc(-n2ncc3cc(C#N)cnc32)ncc1/C(N)=C/N(N)CCCc1ccccc1. The van der Waals surface area contributed by atoms with Crippen LogP contribution in [0.4, 0.5) is 5.69 Å². The normalized spacial score (nSPS) is 11.6. The molecule has 0 aliphatic carbocycles. The molecule has 35 heavy (non-hydrogen) atoms. The number of benzene rings is 1. The average Bonchev–Trinajstić information content (AvgIpc) is 3.27. The molecule has 0 spiro atoms. The third-order valence-electron chi connectivity index (χ3n) is 5.43. The number of aryl methyl sites for hydroxylation is 1. The second-order valence-corrected chi connectivity index (χ2v) is 8.60. The zero-order valence-corrected chi connectivity index (χ0v) is 19.9. The third kappa shape index (κ3) is 5.75. The van der Waals surface area contributed by atoms with Gasteiger partial charge in [0.15, 0.2) is 11.5 Å². The molecule has 1 aromatic carbocycles. The Labute approximate surface area is 204 Å². The van der Waals surface area contributed by atoms with Gasteiger partial charge in [-0.25, -0.2) is 15.8 Å². The number of hydrogen-bond donors (Lipinski definition) is 3. The average molecular weight is 468 g/mol. The van der Waals surface area contributed by atoms with Crippen LogP contribution in [0.2, 0.25) is 0 Å². The summed E-state index contributed by atoms with van der Waals surface area (Å²) in [7, 11) is 0. The van der Waals surface area contributed by atoms with E-state index in [1.54, 1.807) is 34.4 Å². The molecule has 4 rings (SSSR count). The Morgan fingerprint density at radius 2 is 1.97 bits per heavy atom. The lowest BCUT2D eigenvalue weighted by Gasteiger charge is -2.19. The van der Waals surface area contributed by atoms with Crippen molar-refractivity contribution in [1.29, 1.82) is 5.26 Å². The summed E-state index contributed by atoms with van der Waals surface area (Å²) < 4.78 is 1.64. The molecule has 178 valence electrons. The van der Waals surface area contributed by atoms with Gasteiger partial charge < -0.3 is 16.1 Å². The van der Waals surface area contributed by atoms with Gasteiger partial charge in [-0.15, -0.1) is 0 Å². The number of rotatable bonds is 9. The number of nitrogens with one attached hydrogen (secondary N) is 1. The molecule has 9 nitrogen and oxygen atoms in total. The van der Waals surface area contributed by atoms with Crippen LogP contribution in [0.15, 0.2) is 67.3 Å². The highest BCUT2D eigenvalue weighted by molar-refractivity contribution is 5.79. The predicted molar refractivity (Wildman–Crippen MR) is 138 cm³/mol. The molecule has 0 radical (unpaired) electrons. The van der Waals surface area contributed by atoms with E-state index in [9.17, 15) is 0 Å². The summed E-state index contributed by atoms with van der Waals surface area (Å²) in [6.45, 7) is 4.78. The van der Waals surface area contributed by atoms with E-state index in [2.05, 4.69) is 52.4 Å². The van der Waals surface area contributed by atoms with Gasteiger partial charge in [-0.2, -0.15) is 15.0 Å². The number of anilines is 1. The van der Waals surface area contributed by atoms with E-state index >= 15 is 0 Å². The summed E-state index contributed by atoms with van der Waals surface area (Å²) in [5, 5.41) is 19.4. The van der Waals surface area contributed by atoms with Crippen molar-refractivity contribution in [3.63, 3.8) is 0 Å². The number of pyridine rings is 2. The first kappa shape index (κ1) is 23.7. The Kier molecular flexibility index (Phi) is 7.24. The van der Waals surface area contributed by atoms with E-state index in [0.29, 0.717) is 29.3 Å². The van der Waals surface area contributed by atoms with Crippen LogP contribution >= 0.6 is 0 Å². The van der Waals surface area contributed by atoms with Gasteiger partial charge in [0.25, 0.3) is 0 Å². The van der Waals surface area contributed by atoms with Crippen LogP contribution in [-0.2, 0) is 6.42 Å². The minimum atomic E-state index is 0.169. The molecule has 0 bridgehead atoms. The maximum absolute atomic E-state index is 9.12. The second kappa shape index (κ2) is 10.7. The van der Waals surface area contributed by atoms with Crippen LogP contribution in [0.1, 0.15) is 37.0 Å². The van der Waals surface area contributed by atoms with Gasteiger partial charge in [-0.3, -0.25) is 0 Å². The molecule has 4 aromatic rings. The Balaban J connectivity index is 1.56. The minimum absolute atomic E-state index is 0.169. The van der Waals surface area contributed by atoms with Gasteiger partial charge >= 0.3 is 0 Å². The molecule has 0 aliphatic rings. The molecule has 9 heteroatoms. The number of nitriles is 1. The van der Waals surface area contributed by atoms with Crippen LogP contribution in [0.3, 0.4) is 0 Å². The molecule has 3 aromatic heterocycles. The predicted octanol–water partition coefficient (Wildman–Crippen LogP) is 3.57. The first-order chi connectivity index (χ1) is 16.9. The molecular weight excluding hydrogens is 438 g/mol. The molecule has 0 amide bonds. The van der Waals surface area contributed by atoms with Crippen molar-refractivity contribution in [2.45, 2.75) is 32.7 Å². The Morgan fingerprint density at radius 1 is 1.17 bits per heavy atom. The summed E-state index contributed by atoms with van der Waals surface area (Å²) in [6.07, 6.45) is 8.50. The molecule has 3 heterocycles. The Hall–Kier alpha value is -4.42. The number of fused-ring (bicyclic) bond motifs is 1. The van der Waals surface area contributed by atoms with E-state index in [-0.39, 0.29) is 6.04 Å². The van der Waals surface area contributed by atoms with Crippen LogP contribution < -0.4 is 16.9 Å². The van der Waals surface area contributed by atoms with Crippen molar-refractivity contribution in [2.24, 2.45) is 11.6 Å². The highest BCUT2D eigenvalue weighted by atomic mass is 15.4. The van der Waals surface area contributed by atoms with Crippen molar-refractivity contribution >= 4 is 22.4 Å². The van der Waals surface area contributed by atoms with Gasteiger partial charge in [0, 0.05) is 53.9 Å². The maximum atomic E-state index is 9.12. The lowest BCUT2D eigenvalue weighted by molar-refractivity contribution is 0.387. The first-order valence-corrected chi connectivity index (χ1v) is 11.5. The van der Waals surface area contributed by atoms with Gasteiger partial charge in [0.2, 0.25) is 0 Å². The summed E-state index contributed by atoms with van der Waals surface area (Å²) in [5.41, 5.74) is 10.9. The third-order valence-corrected chi connectivity index (χ3v) is 5.43. The molecule has 0 unspecified atom stereocenters. The minimum Gasteiger partial charge on any atom is -0.397 e. The monoisotopic (exact) mass is 467 g/mol. The first-order valence-electron chi connectivity index (χ1n) is 11.5. The van der Waals surface area contributed by atoms with Crippen molar-refractivity contribution in [3.05, 3.63) is 83.9 Å². The van der Waals surface area contributed by atoms with E-state index in [1.807, 2.05) is 24.3 Å². The standard InChI is InChI=1S/C26H29N9/c1-18(2)33-24-12-25(35-26-21(15-32-35)11-20(13-27)14-31-26)30-16-22(24)23(28)17-34(29)10-6-9-19-7-4-3-5-8-19/h3-5,7-8,11-12,14-18H,6,9-10,28-29H2,1-2H3,(H,30,33)/b23-17-. The highest BCUT2D eigenvalue weighted by Gasteiger charge is 2.14.